The van der Waals surface area contributed by atoms with Crippen molar-refractivity contribution in [2.45, 2.75) is 13.0 Å². The van der Waals surface area contributed by atoms with Gasteiger partial charge in [0, 0.05) is 28.0 Å². The van der Waals surface area contributed by atoms with Gasteiger partial charge >= 0.3 is 0 Å². The maximum atomic E-state index is 12.4. The number of amides is 1. The van der Waals surface area contributed by atoms with Crippen LogP contribution in [0.4, 0.5) is 11.4 Å². The molecule has 1 unspecified atom stereocenters. The number of anilines is 2. The summed E-state index contributed by atoms with van der Waals surface area (Å²) in [6.07, 6.45) is 0. The second-order valence-electron chi connectivity index (χ2n) is 5.28. The summed E-state index contributed by atoms with van der Waals surface area (Å²) >= 11 is 3.38. The molecule has 6 nitrogen and oxygen atoms in total. The van der Waals surface area contributed by atoms with Gasteiger partial charge < -0.3 is 24.8 Å². The number of hydrogen-bond donors (Lipinski definition) is 2. The lowest BCUT2D eigenvalue weighted by Gasteiger charge is -2.18. The Morgan fingerprint density at radius 1 is 1.00 bits per heavy atom. The van der Waals surface area contributed by atoms with E-state index in [0.29, 0.717) is 22.9 Å². The lowest BCUT2D eigenvalue weighted by atomic mass is 10.2. The third kappa shape index (κ3) is 4.79. The van der Waals surface area contributed by atoms with Gasteiger partial charge in [0.05, 0.1) is 21.3 Å². The molecular formula is C18H21BrN2O4. The molecule has 2 aromatic carbocycles. The van der Waals surface area contributed by atoms with Crippen molar-refractivity contribution in [2.24, 2.45) is 0 Å². The number of methoxy groups -OCH3 is 3. The summed E-state index contributed by atoms with van der Waals surface area (Å²) in [6.45, 7) is 1.77. The Balaban J connectivity index is 2.13. The maximum absolute atomic E-state index is 12.4. The number of carbonyl (C=O) groups is 1. The molecule has 7 heteroatoms. The van der Waals surface area contributed by atoms with E-state index in [-0.39, 0.29) is 5.91 Å². The van der Waals surface area contributed by atoms with Crippen LogP contribution in [0.5, 0.6) is 17.2 Å². The molecule has 0 bridgehead atoms. The minimum atomic E-state index is -0.471. The third-order valence-corrected chi connectivity index (χ3v) is 4.03. The van der Waals surface area contributed by atoms with Gasteiger partial charge in [-0.1, -0.05) is 22.0 Å². The van der Waals surface area contributed by atoms with Crippen molar-refractivity contribution in [1.29, 1.82) is 0 Å². The van der Waals surface area contributed by atoms with E-state index in [0.717, 1.165) is 10.2 Å². The van der Waals surface area contributed by atoms with E-state index >= 15 is 0 Å². The number of halogens is 1. The quantitative estimate of drug-likeness (QED) is 0.726. The van der Waals surface area contributed by atoms with Crippen molar-refractivity contribution in [3.8, 4) is 17.2 Å². The van der Waals surface area contributed by atoms with Crippen LogP contribution in [0.3, 0.4) is 0 Å². The largest absolute Gasteiger partial charge is 0.493 e. The molecule has 0 aliphatic heterocycles. The summed E-state index contributed by atoms with van der Waals surface area (Å²) in [6, 6.07) is 10.5. The van der Waals surface area contributed by atoms with Crippen molar-refractivity contribution in [2.75, 3.05) is 32.0 Å². The Labute approximate surface area is 155 Å². The Hall–Kier alpha value is -2.41. The van der Waals surface area contributed by atoms with Gasteiger partial charge in [-0.25, -0.2) is 0 Å². The molecule has 0 aliphatic carbocycles. The summed E-state index contributed by atoms with van der Waals surface area (Å²) in [5.41, 5.74) is 1.41. The molecule has 134 valence electrons. The summed E-state index contributed by atoms with van der Waals surface area (Å²) in [5.74, 6) is 1.38. The zero-order valence-electron chi connectivity index (χ0n) is 14.6. The zero-order chi connectivity index (χ0) is 18.4. The van der Waals surface area contributed by atoms with E-state index in [9.17, 15) is 4.79 Å². The van der Waals surface area contributed by atoms with Crippen LogP contribution in [0, 0.1) is 0 Å². The second kappa shape index (κ2) is 8.62. The van der Waals surface area contributed by atoms with E-state index in [2.05, 4.69) is 26.6 Å². The maximum Gasteiger partial charge on any atom is 0.246 e. The SMILES string of the molecule is COc1cc(NC(C)C(=O)Nc2cccc(Br)c2)cc(OC)c1OC. The molecule has 0 spiro atoms. The van der Waals surface area contributed by atoms with Gasteiger partial charge in [-0.3, -0.25) is 4.79 Å². The Morgan fingerprint density at radius 3 is 2.16 bits per heavy atom. The van der Waals surface area contributed by atoms with Gasteiger partial charge in [-0.15, -0.1) is 0 Å². The summed E-state index contributed by atoms with van der Waals surface area (Å²) < 4.78 is 16.8. The van der Waals surface area contributed by atoms with Crippen molar-refractivity contribution in [1.82, 2.24) is 0 Å². The van der Waals surface area contributed by atoms with E-state index < -0.39 is 6.04 Å². The molecule has 2 N–H and O–H groups in total. The highest BCUT2D eigenvalue weighted by Gasteiger charge is 2.17. The molecule has 0 saturated heterocycles. The first-order valence-electron chi connectivity index (χ1n) is 7.61. The first-order valence-corrected chi connectivity index (χ1v) is 8.40. The molecule has 2 rings (SSSR count). The number of ether oxygens (including phenoxy) is 3. The van der Waals surface area contributed by atoms with Gasteiger partial charge in [0.25, 0.3) is 0 Å². The monoisotopic (exact) mass is 408 g/mol. The fourth-order valence-electron chi connectivity index (χ4n) is 2.30. The Kier molecular flexibility index (Phi) is 6.52. The van der Waals surface area contributed by atoms with Crippen LogP contribution in [0.1, 0.15) is 6.92 Å². The van der Waals surface area contributed by atoms with E-state index in [1.807, 2.05) is 24.3 Å². The van der Waals surface area contributed by atoms with Crippen LogP contribution in [0.25, 0.3) is 0 Å². The lowest BCUT2D eigenvalue weighted by molar-refractivity contribution is -0.116. The van der Waals surface area contributed by atoms with E-state index in [1.165, 1.54) is 0 Å². The van der Waals surface area contributed by atoms with Gasteiger partial charge in [-0.2, -0.15) is 0 Å². The molecule has 0 aliphatic rings. The van der Waals surface area contributed by atoms with Crippen LogP contribution in [-0.4, -0.2) is 33.3 Å². The first-order chi connectivity index (χ1) is 12.0. The number of benzene rings is 2. The molecule has 0 heterocycles. The van der Waals surface area contributed by atoms with Gasteiger partial charge in [-0.05, 0) is 25.1 Å². The standard InChI is InChI=1S/C18H21BrN2O4/c1-11(18(22)21-13-7-5-6-12(19)8-13)20-14-9-15(23-2)17(25-4)16(10-14)24-3/h5-11,20H,1-4H3,(H,21,22). The average Bonchev–Trinajstić information content (AvgIpc) is 2.60. The minimum Gasteiger partial charge on any atom is -0.493 e. The van der Waals surface area contributed by atoms with E-state index in [1.54, 1.807) is 40.4 Å². The van der Waals surface area contributed by atoms with Crippen LogP contribution >= 0.6 is 15.9 Å². The Morgan fingerprint density at radius 2 is 1.64 bits per heavy atom. The highest BCUT2D eigenvalue weighted by molar-refractivity contribution is 9.10. The molecule has 0 radical (unpaired) electrons. The highest BCUT2D eigenvalue weighted by Crippen LogP contribution is 2.40. The third-order valence-electron chi connectivity index (χ3n) is 3.53. The van der Waals surface area contributed by atoms with Crippen LogP contribution in [-0.2, 0) is 4.79 Å². The van der Waals surface area contributed by atoms with Crippen LogP contribution in [0.15, 0.2) is 40.9 Å². The fourth-order valence-corrected chi connectivity index (χ4v) is 2.70. The van der Waals surface area contributed by atoms with Crippen molar-refractivity contribution in [3.05, 3.63) is 40.9 Å². The van der Waals surface area contributed by atoms with Crippen molar-refractivity contribution >= 4 is 33.2 Å². The number of nitrogens with one attached hydrogen (secondary N) is 2. The van der Waals surface area contributed by atoms with Crippen molar-refractivity contribution < 1.29 is 19.0 Å². The minimum absolute atomic E-state index is 0.160. The molecule has 0 fully saturated rings. The normalized spacial score (nSPS) is 11.4. The summed E-state index contributed by atoms with van der Waals surface area (Å²) in [4.78, 5) is 12.4. The van der Waals surface area contributed by atoms with Gasteiger partial charge in [0.15, 0.2) is 11.5 Å². The molecule has 0 aromatic heterocycles. The Bertz CT molecular complexity index is 727. The summed E-state index contributed by atoms with van der Waals surface area (Å²) in [7, 11) is 4.64. The fraction of sp³-hybridized carbons (Fsp3) is 0.278. The first kappa shape index (κ1) is 18.9. The lowest BCUT2D eigenvalue weighted by Crippen LogP contribution is -2.31. The number of hydrogen-bond acceptors (Lipinski definition) is 5. The molecular weight excluding hydrogens is 388 g/mol. The predicted octanol–water partition coefficient (Wildman–Crippen LogP) is 3.91. The molecule has 1 atom stereocenters. The highest BCUT2D eigenvalue weighted by atomic mass is 79.9. The molecule has 25 heavy (non-hydrogen) atoms. The van der Waals surface area contributed by atoms with Gasteiger partial charge in [0.1, 0.15) is 6.04 Å². The average molecular weight is 409 g/mol. The van der Waals surface area contributed by atoms with Gasteiger partial charge in [0.2, 0.25) is 11.7 Å². The molecule has 1 amide bonds. The molecule has 0 saturated carbocycles. The molecule has 2 aromatic rings. The smallest absolute Gasteiger partial charge is 0.246 e. The van der Waals surface area contributed by atoms with E-state index in [4.69, 9.17) is 14.2 Å². The number of carbonyl (C=O) groups excluding carboxylic acids is 1. The topological polar surface area (TPSA) is 68.8 Å². The van der Waals surface area contributed by atoms with Crippen molar-refractivity contribution in [3.63, 3.8) is 0 Å². The van der Waals surface area contributed by atoms with Crippen LogP contribution < -0.4 is 24.8 Å². The zero-order valence-corrected chi connectivity index (χ0v) is 16.1. The summed E-state index contributed by atoms with van der Waals surface area (Å²) in [5, 5.41) is 6.00. The number of rotatable bonds is 7. The van der Waals surface area contributed by atoms with Crippen LogP contribution in [0.2, 0.25) is 0 Å². The predicted molar refractivity (Wildman–Crippen MR) is 102 cm³/mol. The second-order valence-corrected chi connectivity index (χ2v) is 6.20.